The van der Waals surface area contributed by atoms with Crippen LogP contribution < -0.4 is 11.5 Å². The minimum absolute atomic E-state index is 0.134. The molecule has 0 aliphatic heterocycles. The SMILES string of the molecule is CC1(C)CC(N)CC(C)(C/N=C/C=N\CC2(C)CC(/N=C\C=N\CC3(C)CC(N)CC(C)(C)C3)CC(C)(C)C2)C1. The van der Waals surface area contributed by atoms with E-state index in [1.807, 2.05) is 24.9 Å². The van der Waals surface area contributed by atoms with Gasteiger partial charge in [0.15, 0.2) is 0 Å². The zero-order valence-electron chi connectivity index (χ0n) is 27.5. The van der Waals surface area contributed by atoms with E-state index in [1.54, 1.807) is 0 Å². The topological polar surface area (TPSA) is 101 Å². The van der Waals surface area contributed by atoms with Gasteiger partial charge in [-0.25, -0.2) is 0 Å². The van der Waals surface area contributed by atoms with Crippen LogP contribution in [0.5, 0.6) is 0 Å². The smallest absolute Gasteiger partial charge is 0.0511 e. The molecule has 3 rings (SSSR count). The Morgan fingerprint density at radius 3 is 1.25 bits per heavy atom. The number of aliphatic imine (C=N–C) groups is 4. The zero-order chi connectivity index (χ0) is 29.9. The average molecular weight is 555 g/mol. The molecule has 3 fully saturated rings. The summed E-state index contributed by atoms with van der Waals surface area (Å²) >= 11 is 0. The first-order valence-corrected chi connectivity index (χ1v) is 15.8. The van der Waals surface area contributed by atoms with E-state index in [4.69, 9.17) is 31.4 Å². The Bertz CT molecular complexity index is 961. The van der Waals surface area contributed by atoms with E-state index in [-0.39, 0.29) is 33.7 Å². The number of hydrogen-bond donors (Lipinski definition) is 2. The van der Waals surface area contributed by atoms with Crippen LogP contribution in [-0.2, 0) is 0 Å². The second-order valence-corrected chi connectivity index (χ2v) is 17.6. The second-order valence-electron chi connectivity index (χ2n) is 17.6. The molecule has 3 aliphatic carbocycles. The third kappa shape index (κ3) is 10.5. The highest BCUT2D eigenvalue weighted by Crippen LogP contribution is 2.48. The van der Waals surface area contributed by atoms with E-state index in [0.29, 0.717) is 16.9 Å². The van der Waals surface area contributed by atoms with E-state index in [9.17, 15) is 0 Å². The van der Waals surface area contributed by atoms with Gasteiger partial charge in [0.05, 0.1) is 6.04 Å². The highest BCUT2D eigenvalue weighted by Gasteiger charge is 2.42. The van der Waals surface area contributed by atoms with E-state index in [2.05, 4.69) is 62.3 Å². The van der Waals surface area contributed by atoms with Crippen molar-refractivity contribution in [2.75, 3.05) is 19.6 Å². The molecule has 0 aromatic carbocycles. The molecule has 0 heterocycles. The van der Waals surface area contributed by atoms with E-state index < -0.39 is 0 Å². The average Bonchev–Trinajstić information content (AvgIpc) is 2.71. The number of hydrogen-bond acceptors (Lipinski definition) is 6. The molecule has 0 amide bonds. The molecule has 0 radical (unpaired) electrons. The number of nitrogens with two attached hydrogens (primary N) is 2. The van der Waals surface area contributed by atoms with Gasteiger partial charge < -0.3 is 11.5 Å². The summed E-state index contributed by atoms with van der Waals surface area (Å²) in [5.41, 5.74) is 14.1. The minimum atomic E-state index is 0.134. The van der Waals surface area contributed by atoms with E-state index in [0.717, 1.165) is 64.6 Å². The van der Waals surface area contributed by atoms with Crippen molar-refractivity contribution < 1.29 is 0 Å². The van der Waals surface area contributed by atoms with Crippen LogP contribution in [0.25, 0.3) is 0 Å². The Kier molecular flexibility index (Phi) is 10.3. The quantitative estimate of drug-likeness (QED) is 0.302. The molecule has 3 aliphatic rings. The fourth-order valence-corrected chi connectivity index (χ4v) is 9.60. The predicted octanol–water partition coefficient (Wildman–Crippen LogP) is 6.94. The van der Waals surface area contributed by atoms with Crippen molar-refractivity contribution in [1.82, 2.24) is 0 Å². The first kappa shape index (κ1) is 33.1. The summed E-state index contributed by atoms with van der Waals surface area (Å²) in [7, 11) is 0. The lowest BCUT2D eigenvalue weighted by molar-refractivity contribution is 0.0905. The molecule has 40 heavy (non-hydrogen) atoms. The van der Waals surface area contributed by atoms with E-state index in [1.165, 1.54) is 12.8 Å². The molecule has 6 atom stereocenters. The maximum atomic E-state index is 6.37. The molecule has 0 bridgehead atoms. The van der Waals surface area contributed by atoms with Gasteiger partial charge in [0, 0.05) is 56.6 Å². The Morgan fingerprint density at radius 1 is 0.500 bits per heavy atom. The largest absolute Gasteiger partial charge is 0.328 e. The molecule has 6 heteroatoms. The Labute approximate surface area is 246 Å². The molecule has 4 N–H and O–H groups in total. The van der Waals surface area contributed by atoms with Gasteiger partial charge in [0.2, 0.25) is 0 Å². The summed E-state index contributed by atoms with van der Waals surface area (Å²) in [5.74, 6) is 0. The summed E-state index contributed by atoms with van der Waals surface area (Å²) in [6.45, 7) is 23.6. The third-order valence-electron chi connectivity index (χ3n) is 9.54. The van der Waals surface area contributed by atoms with Crippen molar-refractivity contribution in [3.63, 3.8) is 0 Å². The van der Waals surface area contributed by atoms with Crippen molar-refractivity contribution in [3.8, 4) is 0 Å². The van der Waals surface area contributed by atoms with Crippen molar-refractivity contribution in [2.24, 2.45) is 63.9 Å². The Balaban J connectivity index is 1.50. The molecule has 0 spiro atoms. The zero-order valence-corrected chi connectivity index (χ0v) is 27.5. The Morgan fingerprint density at radius 2 is 0.850 bits per heavy atom. The van der Waals surface area contributed by atoms with Crippen LogP contribution in [0.1, 0.15) is 120 Å². The van der Waals surface area contributed by atoms with Gasteiger partial charge in [0.25, 0.3) is 0 Å². The lowest BCUT2D eigenvalue weighted by Gasteiger charge is -2.45. The standard InChI is InChI=1S/C34H62N6/c1-29(2)14-26(35)16-32(7,20-29)23-37-10-11-38-25-34(9)19-28(18-31(5,6)22-34)40-13-12-39-24-33(8)17-27(36)15-30(3,4)21-33/h10-13,26-28H,14-25,35-36H2,1-9H3/b37-10+,38-11-,39-12+,40-13-. The molecular weight excluding hydrogens is 492 g/mol. The monoisotopic (exact) mass is 555 g/mol. The summed E-state index contributed by atoms with van der Waals surface area (Å²) in [6.07, 6.45) is 17.7. The van der Waals surface area contributed by atoms with Crippen LogP contribution in [0.15, 0.2) is 20.0 Å². The molecule has 6 unspecified atom stereocenters. The van der Waals surface area contributed by atoms with E-state index >= 15 is 0 Å². The maximum absolute atomic E-state index is 6.37. The van der Waals surface area contributed by atoms with Gasteiger partial charge in [0.1, 0.15) is 0 Å². The van der Waals surface area contributed by atoms with Crippen LogP contribution in [0.3, 0.4) is 0 Å². The van der Waals surface area contributed by atoms with Gasteiger partial charge in [-0.1, -0.05) is 62.3 Å². The summed E-state index contributed by atoms with van der Waals surface area (Å²) in [6, 6.07) is 0.862. The lowest BCUT2D eigenvalue weighted by atomic mass is 9.63. The summed E-state index contributed by atoms with van der Waals surface area (Å²) < 4.78 is 0. The van der Waals surface area contributed by atoms with Gasteiger partial charge in [-0.05, 0) is 90.3 Å². The van der Waals surface area contributed by atoms with Crippen molar-refractivity contribution in [1.29, 1.82) is 0 Å². The summed E-state index contributed by atoms with van der Waals surface area (Å²) in [4.78, 5) is 19.3. The number of nitrogens with zero attached hydrogens (tertiary/aromatic N) is 4. The Hall–Kier alpha value is -1.40. The van der Waals surface area contributed by atoms with Gasteiger partial charge in [-0.2, -0.15) is 0 Å². The molecule has 3 saturated carbocycles. The lowest BCUT2D eigenvalue weighted by Crippen LogP contribution is -2.43. The maximum Gasteiger partial charge on any atom is 0.0511 e. The highest BCUT2D eigenvalue weighted by molar-refractivity contribution is 6.16. The highest BCUT2D eigenvalue weighted by atomic mass is 14.8. The van der Waals surface area contributed by atoms with Crippen molar-refractivity contribution >= 4 is 24.9 Å². The van der Waals surface area contributed by atoms with Crippen LogP contribution >= 0.6 is 0 Å². The molecular formula is C34H62N6. The predicted molar refractivity (Wildman–Crippen MR) is 176 cm³/mol. The molecule has 0 aromatic rings. The fraction of sp³-hybridized carbons (Fsp3) is 0.882. The van der Waals surface area contributed by atoms with Gasteiger partial charge in [-0.3, -0.25) is 20.0 Å². The van der Waals surface area contributed by atoms with Gasteiger partial charge in [-0.15, -0.1) is 0 Å². The first-order valence-electron chi connectivity index (χ1n) is 15.8. The number of rotatable bonds is 9. The molecule has 228 valence electrons. The molecule has 0 saturated heterocycles. The normalized spacial score (nSPS) is 40.0. The van der Waals surface area contributed by atoms with Crippen molar-refractivity contribution in [2.45, 2.75) is 138 Å². The fourth-order valence-electron chi connectivity index (χ4n) is 9.60. The van der Waals surface area contributed by atoms with Gasteiger partial charge >= 0.3 is 0 Å². The minimum Gasteiger partial charge on any atom is -0.328 e. The molecule has 0 aromatic heterocycles. The molecule has 6 nitrogen and oxygen atoms in total. The summed E-state index contributed by atoms with van der Waals surface area (Å²) in [5, 5.41) is 0. The van der Waals surface area contributed by atoms with Crippen LogP contribution in [-0.4, -0.2) is 62.6 Å². The second kappa shape index (κ2) is 12.5. The van der Waals surface area contributed by atoms with Crippen LogP contribution in [0.2, 0.25) is 0 Å². The van der Waals surface area contributed by atoms with Crippen LogP contribution in [0.4, 0.5) is 0 Å². The third-order valence-corrected chi connectivity index (χ3v) is 9.54. The first-order chi connectivity index (χ1) is 18.3. The van der Waals surface area contributed by atoms with Crippen molar-refractivity contribution in [3.05, 3.63) is 0 Å². The van der Waals surface area contributed by atoms with Crippen LogP contribution in [0, 0.1) is 32.5 Å².